The molecule has 1 radical (unpaired) electrons. The van der Waals surface area contributed by atoms with Gasteiger partial charge in [0.1, 0.15) is 5.82 Å². The predicted molar refractivity (Wildman–Crippen MR) is 112 cm³/mol. The summed E-state index contributed by atoms with van der Waals surface area (Å²) >= 11 is 0. The summed E-state index contributed by atoms with van der Waals surface area (Å²) in [7, 11) is 0. The van der Waals surface area contributed by atoms with Gasteiger partial charge in [0.15, 0.2) is 5.82 Å². The number of H-pyrrole nitrogens is 1. The van der Waals surface area contributed by atoms with Gasteiger partial charge in [-0.2, -0.15) is 18.3 Å². The Hall–Kier alpha value is -3.29. The van der Waals surface area contributed by atoms with Crippen molar-refractivity contribution >= 4 is 33.3 Å². The number of aromatic nitrogens is 3. The van der Waals surface area contributed by atoms with Crippen molar-refractivity contribution in [3.63, 3.8) is 0 Å². The molecule has 0 aliphatic rings. The molecule has 31 heavy (non-hydrogen) atoms. The smallest absolute Gasteiger partial charge is 0.322 e. The average molecular weight is 455 g/mol. The van der Waals surface area contributed by atoms with Crippen LogP contribution in [-0.4, -0.2) is 15.2 Å². The molecule has 0 saturated heterocycles. The number of nitrogens with zero attached hydrogens (tertiary/aromatic N) is 2. The Bertz CT molecular complexity index is 1380. The zero-order valence-electron chi connectivity index (χ0n) is 16.0. The first-order valence-corrected chi connectivity index (χ1v) is 9.27. The Labute approximate surface area is 187 Å². The second kappa shape index (κ2) is 8.09. The fourth-order valence-electron chi connectivity index (χ4n) is 3.56. The van der Waals surface area contributed by atoms with E-state index in [9.17, 15) is 13.2 Å². The number of aromatic amines is 1. The van der Waals surface area contributed by atoms with Crippen LogP contribution in [0.2, 0.25) is 0 Å². The van der Waals surface area contributed by atoms with E-state index in [1.54, 1.807) is 12.1 Å². The SMILES string of the molecule is FC(F)(F)c1ccccc1-c1cc2ccccc2c(Nc2n[nH]c3ccccc23)n1.[V]. The van der Waals surface area contributed by atoms with E-state index < -0.39 is 11.7 Å². The van der Waals surface area contributed by atoms with Crippen LogP contribution < -0.4 is 5.32 Å². The standard InChI is InChI=1S/C23H15F3N4.V/c24-23(25,26)18-11-5-3-9-16(18)20-13-14-7-1-2-8-15(14)21(27-20)28-22-17-10-4-6-12-19(17)29-30-22;/h1-13H,(H2,27,28,29,30);. The van der Waals surface area contributed by atoms with Crippen LogP contribution in [-0.2, 0) is 24.7 Å². The van der Waals surface area contributed by atoms with Gasteiger partial charge in [-0.1, -0.05) is 54.6 Å². The Kier molecular flexibility index (Phi) is 5.47. The molecule has 0 spiro atoms. The van der Waals surface area contributed by atoms with Gasteiger partial charge in [-0.3, -0.25) is 5.10 Å². The normalized spacial score (nSPS) is 11.5. The van der Waals surface area contributed by atoms with Crippen LogP contribution in [0, 0.1) is 0 Å². The number of rotatable bonds is 3. The van der Waals surface area contributed by atoms with Crippen LogP contribution in [0.25, 0.3) is 32.9 Å². The molecule has 5 rings (SSSR count). The molecule has 0 saturated carbocycles. The number of benzene rings is 3. The monoisotopic (exact) mass is 455 g/mol. The van der Waals surface area contributed by atoms with Gasteiger partial charge in [0, 0.05) is 34.9 Å². The maximum absolute atomic E-state index is 13.6. The molecule has 2 aromatic heterocycles. The van der Waals surface area contributed by atoms with Gasteiger partial charge in [-0.15, -0.1) is 0 Å². The number of hydrogen-bond acceptors (Lipinski definition) is 3. The Balaban J connectivity index is 0.00000231. The average Bonchev–Trinajstić information content (AvgIpc) is 3.16. The zero-order valence-corrected chi connectivity index (χ0v) is 17.4. The van der Waals surface area contributed by atoms with Crippen LogP contribution in [0.3, 0.4) is 0 Å². The molecule has 3 aromatic carbocycles. The third kappa shape index (κ3) is 3.90. The van der Waals surface area contributed by atoms with Gasteiger partial charge in [0.2, 0.25) is 0 Å². The molecule has 5 aromatic rings. The largest absolute Gasteiger partial charge is 0.417 e. The van der Waals surface area contributed by atoms with Gasteiger partial charge in [-0.05, 0) is 29.7 Å². The second-order valence-electron chi connectivity index (χ2n) is 6.86. The third-order valence-corrected chi connectivity index (χ3v) is 4.96. The zero-order chi connectivity index (χ0) is 20.7. The summed E-state index contributed by atoms with van der Waals surface area (Å²) in [5.41, 5.74) is 0.404. The van der Waals surface area contributed by atoms with Gasteiger partial charge < -0.3 is 5.32 Å². The van der Waals surface area contributed by atoms with E-state index >= 15 is 0 Å². The molecule has 0 unspecified atom stereocenters. The molecule has 0 atom stereocenters. The van der Waals surface area contributed by atoms with Crippen LogP contribution in [0.15, 0.2) is 78.9 Å². The quantitative estimate of drug-likeness (QED) is 0.325. The first-order chi connectivity index (χ1) is 14.5. The van der Waals surface area contributed by atoms with Gasteiger partial charge in [-0.25, -0.2) is 4.98 Å². The number of hydrogen-bond donors (Lipinski definition) is 2. The summed E-state index contributed by atoms with van der Waals surface area (Å²) in [4.78, 5) is 4.56. The van der Waals surface area contributed by atoms with E-state index in [-0.39, 0.29) is 29.8 Å². The van der Waals surface area contributed by atoms with E-state index in [0.29, 0.717) is 11.6 Å². The van der Waals surface area contributed by atoms with Crippen LogP contribution in [0.5, 0.6) is 0 Å². The molecule has 0 aliphatic heterocycles. The number of pyridine rings is 1. The Morgan fingerprint density at radius 1 is 0.774 bits per heavy atom. The van der Waals surface area contributed by atoms with E-state index in [1.807, 2.05) is 48.5 Å². The molecular weight excluding hydrogens is 440 g/mol. The molecule has 8 heteroatoms. The number of fused-ring (bicyclic) bond motifs is 2. The van der Waals surface area contributed by atoms with E-state index in [4.69, 9.17) is 0 Å². The van der Waals surface area contributed by atoms with Gasteiger partial charge in [0.25, 0.3) is 0 Å². The summed E-state index contributed by atoms with van der Waals surface area (Å²) in [5, 5.41) is 12.9. The molecule has 4 nitrogen and oxygen atoms in total. The maximum Gasteiger partial charge on any atom is 0.417 e. The van der Waals surface area contributed by atoms with Gasteiger partial charge in [0.05, 0.1) is 16.8 Å². The van der Waals surface area contributed by atoms with Crippen LogP contribution in [0.4, 0.5) is 24.8 Å². The first kappa shape index (κ1) is 21.0. The molecule has 0 bridgehead atoms. The minimum atomic E-state index is -4.48. The fourth-order valence-corrected chi connectivity index (χ4v) is 3.56. The maximum atomic E-state index is 13.6. The van der Waals surface area contributed by atoms with Crippen molar-refractivity contribution in [2.24, 2.45) is 0 Å². The van der Waals surface area contributed by atoms with Crippen molar-refractivity contribution < 1.29 is 31.7 Å². The summed E-state index contributed by atoms with van der Waals surface area (Å²) in [6, 6.07) is 22.2. The third-order valence-electron chi connectivity index (χ3n) is 4.96. The number of alkyl halides is 3. The van der Waals surface area contributed by atoms with Crippen molar-refractivity contribution in [3.8, 4) is 11.3 Å². The number of para-hydroxylation sites is 1. The molecule has 153 valence electrons. The molecule has 2 heterocycles. The number of anilines is 2. The first-order valence-electron chi connectivity index (χ1n) is 9.27. The fraction of sp³-hybridized carbons (Fsp3) is 0.0435. The topological polar surface area (TPSA) is 53.6 Å². The molecule has 2 N–H and O–H groups in total. The molecule has 0 amide bonds. The van der Waals surface area contributed by atoms with E-state index in [2.05, 4.69) is 20.5 Å². The summed E-state index contributed by atoms with van der Waals surface area (Å²) in [6.07, 6.45) is -4.48. The second-order valence-corrected chi connectivity index (χ2v) is 6.86. The van der Waals surface area contributed by atoms with Crippen molar-refractivity contribution in [1.29, 1.82) is 0 Å². The Morgan fingerprint density at radius 3 is 2.26 bits per heavy atom. The summed E-state index contributed by atoms with van der Waals surface area (Å²) in [5.74, 6) is 1.00. The van der Waals surface area contributed by atoms with Crippen molar-refractivity contribution in [3.05, 3.63) is 84.4 Å². The number of nitrogens with one attached hydrogen (secondary N) is 2. The van der Waals surface area contributed by atoms with Crippen LogP contribution >= 0.6 is 0 Å². The van der Waals surface area contributed by atoms with Crippen molar-refractivity contribution in [1.82, 2.24) is 15.2 Å². The van der Waals surface area contributed by atoms with Crippen molar-refractivity contribution in [2.45, 2.75) is 6.18 Å². The Morgan fingerprint density at radius 2 is 1.45 bits per heavy atom. The predicted octanol–water partition coefficient (Wildman–Crippen LogP) is 6.54. The number of halogens is 3. The van der Waals surface area contributed by atoms with Gasteiger partial charge >= 0.3 is 6.18 Å². The minimum absolute atomic E-state index is 0. The van der Waals surface area contributed by atoms with E-state index in [0.717, 1.165) is 27.7 Å². The van der Waals surface area contributed by atoms with Crippen LogP contribution in [0.1, 0.15) is 5.56 Å². The van der Waals surface area contributed by atoms with E-state index in [1.165, 1.54) is 12.1 Å². The summed E-state index contributed by atoms with van der Waals surface area (Å²) < 4.78 is 40.7. The van der Waals surface area contributed by atoms with Crippen molar-refractivity contribution in [2.75, 3.05) is 5.32 Å². The molecular formula is C23H15F3N4V. The summed E-state index contributed by atoms with van der Waals surface area (Å²) in [6.45, 7) is 0. The molecule has 0 fully saturated rings. The molecule has 0 aliphatic carbocycles. The minimum Gasteiger partial charge on any atom is -0.322 e.